The Bertz CT molecular complexity index is 958. The molecule has 29 heavy (non-hydrogen) atoms. The van der Waals surface area contributed by atoms with Gasteiger partial charge >= 0.3 is 0 Å². The first kappa shape index (κ1) is 20.9. The Morgan fingerprint density at radius 2 is 1.90 bits per heavy atom. The largest absolute Gasteiger partial charge is 0.494 e. The molecule has 3 aromatic rings. The summed E-state index contributed by atoms with van der Waals surface area (Å²) in [7, 11) is 1.65. The van der Waals surface area contributed by atoms with E-state index in [1.54, 1.807) is 13.3 Å². The van der Waals surface area contributed by atoms with Gasteiger partial charge in [-0.3, -0.25) is 4.98 Å². The van der Waals surface area contributed by atoms with Crippen LogP contribution in [0, 0.1) is 0 Å². The molecule has 0 bridgehead atoms. The SMILES string of the molecule is COc1ccc(NC(=S)NCCCc2ccc(OC(C)C)cc2)c2cccnc12. The molecule has 0 fully saturated rings. The Balaban J connectivity index is 1.49. The van der Waals surface area contributed by atoms with Gasteiger partial charge in [0.25, 0.3) is 0 Å². The summed E-state index contributed by atoms with van der Waals surface area (Å²) in [5, 5.41) is 8.12. The number of ether oxygens (including phenoxy) is 2. The van der Waals surface area contributed by atoms with E-state index < -0.39 is 0 Å². The molecule has 0 unspecified atom stereocenters. The fourth-order valence-corrected chi connectivity index (χ4v) is 3.30. The highest BCUT2D eigenvalue weighted by Gasteiger charge is 2.08. The van der Waals surface area contributed by atoms with E-state index in [9.17, 15) is 0 Å². The van der Waals surface area contributed by atoms with Crippen molar-refractivity contribution in [2.24, 2.45) is 0 Å². The average Bonchev–Trinajstić information content (AvgIpc) is 2.72. The van der Waals surface area contributed by atoms with E-state index in [-0.39, 0.29) is 6.10 Å². The van der Waals surface area contributed by atoms with Crippen molar-refractivity contribution in [3.8, 4) is 11.5 Å². The fraction of sp³-hybridized carbons (Fsp3) is 0.304. The number of hydrogen-bond donors (Lipinski definition) is 2. The number of hydrogen-bond acceptors (Lipinski definition) is 4. The quantitative estimate of drug-likeness (QED) is 0.406. The summed E-state index contributed by atoms with van der Waals surface area (Å²) < 4.78 is 11.1. The molecule has 0 saturated heterocycles. The smallest absolute Gasteiger partial charge is 0.170 e. The predicted molar refractivity (Wildman–Crippen MR) is 123 cm³/mol. The minimum atomic E-state index is 0.192. The number of methoxy groups -OCH3 is 1. The molecule has 2 aromatic carbocycles. The Kier molecular flexibility index (Phi) is 7.25. The topological polar surface area (TPSA) is 55.4 Å². The Morgan fingerprint density at radius 3 is 2.62 bits per heavy atom. The average molecular weight is 410 g/mol. The summed E-state index contributed by atoms with van der Waals surface area (Å²) in [6.45, 7) is 4.85. The number of rotatable bonds is 8. The number of anilines is 1. The number of fused-ring (bicyclic) bond motifs is 1. The highest BCUT2D eigenvalue weighted by molar-refractivity contribution is 7.80. The lowest BCUT2D eigenvalue weighted by molar-refractivity contribution is 0.242. The number of thiocarbonyl (C=S) groups is 1. The van der Waals surface area contributed by atoms with Crippen LogP contribution in [0.4, 0.5) is 5.69 Å². The molecule has 5 nitrogen and oxygen atoms in total. The third-order valence-electron chi connectivity index (χ3n) is 4.42. The summed E-state index contributed by atoms with van der Waals surface area (Å²) in [4.78, 5) is 4.41. The van der Waals surface area contributed by atoms with Gasteiger partial charge in [0.05, 0.1) is 13.2 Å². The van der Waals surface area contributed by atoms with Gasteiger partial charge in [0.2, 0.25) is 0 Å². The number of aryl methyl sites for hydroxylation is 1. The maximum atomic E-state index is 5.68. The van der Waals surface area contributed by atoms with Crippen molar-refractivity contribution in [3.63, 3.8) is 0 Å². The number of nitrogens with one attached hydrogen (secondary N) is 2. The predicted octanol–water partition coefficient (Wildman–Crippen LogP) is 4.95. The van der Waals surface area contributed by atoms with Gasteiger partial charge in [-0.2, -0.15) is 0 Å². The zero-order valence-electron chi connectivity index (χ0n) is 17.1. The van der Waals surface area contributed by atoms with Crippen molar-refractivity contribution in [1.29, 1.82) is 0 Å². The monoisotopic (exact) mass is 409 g/mol. The first-order valence-corrected chi connectivity index (χ1v) is 10.2. The molecule has 0 spiro atoms. The minimum Gasteiger partial charge on any atom is -0.494 e. The summed E-state index contributed by atoms with van der Waals surface area (Å²) in [5.41, 5.74) is 3.01. The van der Waals surface area contributed by atoms with E-state index in [4.69, 9.17) is 21.7 Å². The zero-order valence-corrected chi connectivity index (χ0v) is 17.9. The molecule has 0 atom stereocenters. The van der Waals surface area contributed by atoms with Crippen LogP contribution in [0.25, 0.3) is 10.9 Å². The highest BCUT2D eigenvalue weighted by Crippen LogP contribution is 2.29. The summed E-state index contributed by atoms with van der Waals surface area (Å²) in [6, 6.07) is 16.0. The van der Waals surface area contributed by atoms with Crippen LogP contribution in [0.15, 0.2) is 54.7 Å². The third kappa shape index (κ3) is 5.81. The zero-order chi connectivity index (χ0) is 20.6. The Morgan fingerprint density at radius 1 is 1.10 bits per heavy atom. The van der Waals surface area contributed by atoms with Gasteiger partial charge in [-0.15, -0.1) is 0 Å². The van der Waals surface area contributed by atoms with E-state index in [1.165, 1.54) is 5.56 Å². The lowest BCUT2D eigenvalue weighted by Gasteiger charge is -2.14. The second-order valence-corrected chi connectivity index (χ2v) is 7.42. The number of pyridine rings is 1. The van der Waals surface area contributed by atoms with Crippen LogP contribution in [-0.4, -0.2) is 29.9 Å². The van der Waals surface area contributed by atoms with Crippen LogP contribution in [0.5, 0.6) is 11.5 Å². The lowest BCUT2D eigenvalue weighted by atomic mass is 10.1. The van der Waals surface area contributed by atoms with Crippen molar-refractivity contribution < 1.29 is 9.47 Å². The number of aromatic nitrogens is 1. The molecular formula is C23H27N3O2S. The highest BCUT2D eigenvalue weighted by atomic mass is 32.1. The molecule has 0 saturated carbocycles. The summed E-state index contributed by atoms with van der Waals surface area (Å²) in [5.74, 6) is 1.66. The molecule has 152 valence electrons. The second-order valence-electron chi connectivity index (χ2n) is 7.01. The molecule has 0 radical (unpaired) electrons. The molecule has 0 amide bonds. The molecule has 1 aromatic heterocycles. The van der Waals surface area contributed by atoms with Crippen molar-refractivity contribution in [3.05, 3.63) is 60.3 Å². The summed E-state index contributed by atoms with van der Waals surface area (Å²) >= 11 is 5.46. The maximum absolute atomic E-state index is 5.68. The van der Waals surface area contributed by atoms with Gasteiger partial charge in [0, 0.05) is 23.8 Å². The van der Waals surface area contributed by atoms with Crippen molar-refractivity contribution in [2.45, 2.75) is 32.8 Å². The third-order valence-corrected chi connectivity index (χ3v) is 4.67. The summed E-state index contributed by atoms with van der Waals surface area (Å²) in [6.07, 6.45) is 3.91. The second kappa shape index (κ2) is 10.1. The number of benzene rings is 2. The van der Waals surface area contributed by atoms with Crippen LogP contribution in [0.2, 0.25) is 0 Å². The normalized spacial score (nSPS) is 10.8. The molecule has 6 heteroatoms. The first-order chi connectivity index (χ1) is 14.1. The van der Waals surface area contributed by atoms with E-state index >= 15 is 0 Å². The number of nitrogens with zero attached hydrogens (tertiary/aromatic N) is 1. The fourth-order valence-electron chi connectivity index (χ4n) is 3.09. The van der Waals surface area contributed by atoms with Gasteiger partial charge in [0.15, 0.2) is 5.11 Å². The molecule has 2 N–H and O–H groups in total. The maximum Gasteiger partial charge on any atom is 0.170 e. The molecule has 0 aliphatic heterocycles. The molecule has 1 heterocycles. The van der Waals surface area contributed by atoms with E-state index in [1.807, 2.05) is 50.2 Å². The molecule has 0 aliphatic carbocycles. The molecule has 0 aliphatic rings. The Hall–Kier alpha value is -2.86. The van der Waals surface area contributed by atoms with E-state index in [2.05, 4.69) is 27.8 Å². The van der Waals surface area contributed by atoms with Crippen LogP contribution >= 0.6 is 12.2 Å². The minimum absolute atomic E-state index is 0.192. The van der Waals surface area contributed by atoms with Gasteiger partial charge < -0.3 is 20.1 Å². The van der Waals surface area contributed by atoms with Gasteiger partial charge in [-0.05, 0) is 80.9 Å². The van der Waals surface area contributed by atoms with Gasteiger partial charge in [-0.25, -0.2) is 0 Å². The van der Waals surface area contributed by atoms with Crippen LogP contribution < -0.4 is 20.1 Å². The Labute approximate surface area is 177 Å². The van der Waals surface area contributed by atoms with Crippen molar-refractivity contribution >= 4 is 33.9 Å². The van der Waals surface area contributed by atoms with Crippen LogP contribution in [0.1, 0.15) is 25.8 Å². The van der Waals surface area contributed by atoms with Gasteiger partial charge in [0.1, 0.15) is 17.0 Å². The van der Waals surface area contributed by atoms with Crippen molar-refractivity contribution in [1.82, 2.24) is 10.3 Å². The standard InChI is InChI=1S/C23H27N3O2S/c1-16(2)28-18-10-8-17(9-11-18)6-4-15-25-23(29)26-20-12-13-21(27-3)22-19(20)7-5-14-24-22/h5,7-14,16H,4,6,15H2,1-3H3,(H2,25,26,29). The van der Waals surface area contributed by atoms with E-state index in [0.29, 0.717) is 5.11 Å². The van der Waals surface area contributed by atoms with Gasteiger partial charge in [-0.1, -0.05) is 12.1 Å². The van der Waals surface area contributed by atoms with Crippen molar-refractivity contribution in [2.75, 3.05) is 19.0 Å². The first-order valence-electron chi connectivity index (χ1n) is 9.79. The van der Waals surface area contributed by atoms with Crippen LogP contribution in [0.3, 0.4) is 0 Å². The molecule has 3 rings (SSSR count). The van der Waals surface area contributed by atoms with Crippen LogP contribution in [-0.2, 0) is 6.42 Å². The van der Waals surface area contributed by atoms with E-state index in [0.717, 1.165) is 47.5 Å². The molecular weight excluding hydrogens is 382 g/mol. The lowest BCUT2D eigenvalue weighted by Crippen LogP contribution is -2.29.